The smallest absolute Gasteiger partial charge is 0.326 e. The average molecular weight is 447 g/mol. The normalized spacial score (nSPS) is 20.4. The highest BCUT2D eigenvalue weighted by molar-refractivity contribution is 7.98. The first-order valence-electron chi connectivity index (χ1n) is 10.1. The number of aliphatic hydroxyl groups is 1. The molecule has 10 nitrogen and oxygen atoms in total. The number of aliphatic hydroxyl groups excluding tert-OH is 1. The summed E-state index contributed by atoms with van der Waals surface area (Å²) in [6, 6.07) is -3.93. The summed E-state index contributed by atoms with van der Waals surface area (Å²) in [5.74, 6) is -2.42. The quantitative estimate of drug-likeness (QED) is 0.274. The van der Waals surface area contributed by atoms with E-state index in [9.17, 15) is 29.4 Å². The first kappa shape index (κ1) is 26.2. The number of carbonyl (C=O) groups excluding carboxylic acids is 3. The highest BCUT2D eigenvalue weighted by Gasteiger charge is 2.39. The maximum Gasteiger partial charge on any atom is 0.326 e. The minimum atomic E-state index is -1.18. The number of rotatable bonds is 11. The van der Waals surface area contributed by atoms with Gasteiger partial charge in [-0.3, -0.25) is 14.4 Å². The Labute approximate surface area is 181 Å². The number of nitrogens with one attached hydrogen (secondary N) is 2. The van der Waals surface area contributed by atoms with E-state index in [4.69, 9.17) is 5.73 Å². The fourth-order valence-electron chi connectivity index (χ4n) is 3.22. The molecule has 0 bridgehead atoms. The van der Waals surface area contributed by atoms with Crippen LogP contribution in [-0.2, 0) is 19.2 Å². The molecule has 0 aromatic carbocycles. The van der Waals surface area contributed by atoms with Crippen LogP contribution < -0.4 is 16.4 Å². The zero-order chi connectivity index (χ0) is 23.0. The summed E-state index contributed by atoms with van der Waals surface area (Å²) in [5.41, 5.74) is 5.65. The maximum absolute atomic E-state index is 13.0. The lowest BCUT2D eigenvalue weighted by molar-refractivity contribution is -0.150. The van der Waals surface area contributed by atoms with Gasteiger partial charge in [0.1, 0.15) is 24.2 Å². The van der Waals surface area contributed by atoms with E-state index in [-0.39, 0.29) is 5.92 Å². The Morgan fingerprint density at radius 2 is 1.80 bits per heavy atom. The number of likely N-dealkylation sites (tertiary alicyclic amines) is 1. The first-order valence-corrected chi connectivity index (χ1v) is 11.5. The predicted molar refractivity (Wildman–Crippen MR) is 114 cm³/mol. The van der Waals surface area contributed by atoms with Gasteiger partial charge in [0.2, 0.25) is 17.7 Å². The van der Waals surface area contributed by atoms with E-state index in [1.54, 1.807) is 13.8 Å². The molecule has 1 rings (SSSR count). The second kappa shape index (κ2) is 12.1. The summed E-state index contributed by atoms with van der Waals surface area (Å²) < 4.78 is 0. The van der Waals surface area contributed by atoms with Crippen LogP contribution in [0.3, 0.4) is 0 Å². The van der Waals surface area contributed by atoms with E-state index in [1.165, 1.54) is 23.6 Å². The van der Waals surface area contributed by atoms with Crippen molar-refractivity contribution >= 4 is 35.5 Å². The molecule has 0 aliphatic carbocycles. The van der Waals surface area contributed by atoms with Gasteiger partial charge in [-0.15, -0.1) is 0 Å². The number of hydrogen-bond acceptors (Lipinski definition) is 7. The van der Waals surface area contributed by atoms with Crippen LogP contribution in [-0.4, -0.2) is 87.6 Å². The fourth-order valence-corrected chi connectivity index (χ4v) is 3.70. The molecule has 0 aromatic heterocycles. The largest absolute Gasteiger partial charge is 0.480 e. The molecule has 1 aliphatic heterocycles. The highest BCUT2D eigenvalue weighted by Crippen LogP contribution is 2.20. The number of thioether (sulfide) groups is 1. The molecule has 6 N–H and O–H groups in total. The van der Waals surface area contributed by atoms with Gasteiger partial charge in [0, 0.05) is 6.54 Å². The van der Waals surface area contributed by atoms with Crippen molar-refractivity contribution in [3.05, 3.63) is 0 Å². The van der Waals surface area contributed by atoms with Crippen LogP contribution in [0.25, 0.3) is 0 Å². The molecule has 1 aliphatic rings. The molecule has 1 fully saturated rings. The predicted octanol–water partition coefficient (Wildman–Crippen LogP) is -0.851. The molecule has 0 saturated carbocycles. The Kier molecular flexibility index (Phi) is 10.6. The molecule has 30 heavy (non-hydrogen) atoms. The number of nitrogens with zero attached hydrogens (tertiary/aromatic N) is 1. The SMILES string of the molecule is CSCCC(NC(=O)C(N)C(C)O)C(=O)NC(C(=O)N1CCCC1C(=O)O)C(C)C. The van der Waals surface area contributed by atoms with Gasteiger partial charge in [-0.1, -0.05) is 13.8 Å². The summed E-state index contributed by atoms with van der Waals surface area (Å²) in [6.45, 7) is 5.22. The van der Waals surface area contributed by atoms with Crippen LogP contribution >= 0.6 is 11.8 Å². The maximum atomic E-state index is 13.0. The van der Waals surface area contributed by atoms with Crippen molar-refractivity contribution in [2.24, 2.45) is 11.7 Å². The Hall–Kier alpha value is -1.85. The van der Waals surface area contributed by atoms with Gasteiger partial charge in [-0.2, -0.15) is 11.8 Å². The molecule has 0 spiro atoms. The van der Waals surface area contributed by atoms with Crippen molar-refractivity contribution in [3.63, 3.8) is 0 Å². The minimum absolute atomic E-state index is 0.284. The summed E-state index contributed by atoms with van der Waals surface area (Å²) in [6.07, 6.45) is 2.06. The molecular weight excluding hydrogens is 412 g/mol. The topological polar surface area (TPSA) is 162 Å². The number of hydrogen-bond donors (Lipinski definition) is 5. The van der Waals surface area contributed by atoms with Gasteiger partial charge in [0.25, 0.3) is 0 Å². The number of carboxylic acids is 1. The molecule has 1 saturated heterocycles. The van der Waals surface area contributed by atoms with E-state index in [1.807, 2.05) is 6.26 Å². The molecule has 0 aromatic rings. The fraction of sp³-hybridized carbons (Fsp3) is 0.789. The summed E-state index contributed by atoms with van der Waals surface area (Å²) in [7, 11) is 0. The van der Waals surface area contributed by atoms with Crippen molar-refractivity contribution in [2.45, 2.75) is 70.3 Å². The van der Waals surface area contributed by atoms with Crippen LogP contribution in [0.1, 0.15) is 40.0 Å². The second-order valence-corrected chi connectivity index (χ2v) is 8.85. The summed E-state index contributed by atoms with van der Waals surface area (Å²) in [4.78, 5) is 50.9. The standard InChI is InChI=1S/C19H34N4O6S/c1-10(2)15(18(27)23-8-5-6-13(23)19(28)29)22-16(25)12(7-9-30-4)21-17(26)14(20)11(3)24/h10-15,24H,5-9,20H2,1-4H3,(H,21,26)(H,22,25)(H,28,29). The lowest BCUT2D eigenvalue weighted by Crippen LogP contribution is -2.59. The zero-order valence-corrected chi connectivity index (χ0v) is 18.8. The third-order valence-corrected chi connectivity index (χ3v) is 5.76. The average Bonchev–Trinajstić information content (AvgIpc) is 3.17. The van der Waals surface area contributed by atoms with Gasteiger partial charge in [0.05, 0.1) is 6.10 Å². The Bertz CT molecular complexity index is 630. The highest BCUT2D eigenvalue weighted by atomic mass is 32.2. The molecule has 172 valence electrons. The molecule has 3 amide bonds. The third-order valence-electron chi connectivity index (χ3n) is 5.12. The summed E-state index contributed by atoms with van der Waals surface area (Å²) in [5, 5.41) is 24.1. The van der Waals surface area contributed by atoms with E-state index < -0.39 is 54.0 Å². The van der Waals surface area contributed by atoms with Crippen LogP contribution in [0.5, 0.6) is 0 Å². The van der Waals surface area contributed by atoms with Crippen molar-refractivity contribution in [3.8, 4) is 0 Å². The molecule has 0 radical (unpaired) electrons. The van der Waals surface area contributed by atoms with Crippen molar-refractivity contribution < 1.29 is 29.4 Å². The van der Waals surface area contributed by atoms with Gasteiger partial charge >= 0.3 is 5.97 Å². The lowest BCUT2D eigenvalue weighted by atomic mass is 10.0. The molecule has 5 atom stereocenters. The lowest BCUT2D eigenvalue weighted by Gasteiger charge is -2.31. The molecular formula is C19H34N4O6S. The van der Waals surface area contributed by atoms with Gasteiger partial charge < -0.3 is 31.5 Å². The van der Waals surface area contributed by atoms with E-state index in [2.05, 4.69) is 10.6 Å². The van der Waals surface area contributed by atoms with Gasteiger partial charge in [-0.25, -0.2) is 4.79 Å². The Morgan fingerprint density at radius 3 is 2.30 bits per heavy atom. The Morgan fingerprint density at radius 1 is 1.17 bits per heavy atom. The number of amides is 3. The second-order valence-electron chi connectivity index (χ2n) is 7.87. The summed E-state index contributed by atoms with van der Waals surface area (Å²) >= 11 is 1.49. The van der Waals surface area contributed by atoms with Gasteiger partial charge in [-0.05, 0) is 44.1 Å². The number of carbonyl (C=O) groups is 4. The Balaban J connectivity index is 2.94. The van der Waals surface area contributed by atoms with Crippen LogP contribution in [0.2, 0.25) is 0 Å². The van der Waals surface area contributed by atoms with Crippen molar-refractivity contribution in [1.82, 2.24) is 15.5 Å². The van der Waals surface area contributed by atoms with E-state index in [0.717, 1.165) is 0 Å². The van der Waals surface area contributed by atoms with Crippen molar-refractivity contribution in [2.75, 3.05) is 18.6 Å². The van der Waals surface area contributed by atoms with Gasteiger partial charge in [0.15, 0.2) is 0 Å². The number of nitrogens with two attached hydrogens (primary N) is 1. The number of aliphatic carboxylic acids is 1. The van der Waals surface area contributed by atoms with E-state index >= 15 is 0 Å². The number of carboxylic acid groups (broad SMARTS) is 1. The van der Waals surface area contributed by atoms with Crippen molar-refractivity contribution in [1.29, 1.82) is 0 Å². The third kappa shape index (κ3) is 7.13. The minimum Gasteiger partial charge on any atom is -0.480 e. The van der Waals surface area contributed by atoms with Crippen LogP contribution in [0.15, 0.2) is 0 Å². The van der Waals surface area contributed by atoms with Crippen LogP contribution in [0.4, 0.5) is 0 Å². The molecule has 11 heteroatoms. The first-order chi connectivity index (χ1) is 14.0. The molecule has 5 unspecified atom stereocenters. The van der Waals surface area contributed by atoms with Crippen LogP contribution in [0, 0.1) is 5.92 Å². The zero-order valence-electron chi connectivity index (χ0n) is 18.0. The van der Waals surface area contributed by atoms with E-state index in [0.29, 0.717) is 31.6 Å². The monoisotopic (exact) mass is 446 g/mol. The molecule has 1 heterocycles.